The number of benzene rings is 1. The minimum atomic E-state index is -4.34. The third-order valence-electron chi connectivity index (χ3n) is 2.42. The molecular weight excluding hydrogens is 273 g/mol. The van der Waals surface area contributed by atoms with E-state index >= 15 is 0 Å². The van der Waals surface area contributed by atoms with E-state index in [-0.39, 0.29) is 0 Å². The second-order valence-electron chi connectivity index (χ2n) is 3.81. The van der Waals surface area contributed by atoms with Crippen molar-refractivity contribution in [2.24, 2.45) is 0 Å². The first-order valence-corrected chi connectivity index (χ1v) is 6.21. The zero-order chi connectivity index (χ0) is 13.9. The molecule has 19 heavy (non-hydrogen) atoms. The topological polar surface area (TPSA) is 17.1 Å². The SMILES string of the molecule is O=Cc1ccc(/C=C/c2cccc(C(F)(F)F)c2)s1. The van der Waals surface area contributed by atoms with Crippen LogP contribution in [0.3, 0.4) is 0 Å². The summed E-state index contributed by atoms with van der Waals surface area (Å²) >= 11 is 1.28. The molecule has 1 heterocycles. The molecule has 1 aromatic heterocycles. The zero-order valence-corrected chi connectivity index (χ0v) is 10.5. The molecule has 5 heteroatoms. The largest absolute Gasteiger partial charge is 0.416 e. The maximum Gasteiger partial charge on any atom is 0.416 e. The maximum absolute atomic E-state index is 12.5. The van der Waals surface area contributed by atoms with E-state index in [1.54, 1.807) is 30.4 Å². The standard InChI is InChI=1S/C14H9F3OS/c15-14(16,17)11-3-1-2-10(8-11)4-5-12-6-7-13(9-18)19-12/h1-9H/b5-4+. The third-order valence-corrected chi connectivity index (χ3v) is 3.39. The van der Waals surface area contributed by atoms with Crippen LogP contribution in [0.2, 0.25) is 0 Å². The molecule has 0 fully saturated rings. The van der Waals surface area contributed by atoms with E-state index in [1.807, 2.05) is 0 Å². The molecule has 0 radical (unpaired) electrons. The summed E-state index contributed by atoms with van der Waals surface area (Å²) in [6.07, 6.45) is -0.313. The molecule has 0 unspecified atom stereocenters. The summed E-state index contributed by atoms with van der Waals surface area (Å²) in [4.78, 5) is 11.9. The predicted molar refractivity (Wildman–Crippen MR) is 70.1 cm³/mol. The molecule has 0 atom stereocenters. The average molecular weight is 282 g/mol. The smallest absolute Gasteiger partial charge is 0.297 e. The van der Waals surface area contributed by atoms with E-state index < -0.39 is 11.7 Å². The minimum absolute atomic E-state index is 0.468. The quantitative estimate of drug-likeness (QED) is 0.742. The second-order valence-corrected chi connectivity index (χ2v) is 4.96. The van der Waals surface area contributed by atoms with Crippen molar-refractivity contribution in [2.75, 3.05) is 0 Å². The number of thiophene rings is 1. The molecular formula is C14H9F3OS. The van der Waals surface area contributed by atoms with Crippen molar-refractivity contribution in [3.8, 4) is 0 Å². The zero-order valence-electron chi connectivity index (χ0n) is 9.65. The number of hydrogen-bond donors (Lipinski definition) is 0. The Morgan fingerprint density at radius 2 is 1.74 bits per heavy atom. The molecule has 0 saturated carbocycles. The van der Waals surface area contributed by atoms with Crippen molar-refractivity contribution in [3.05, 3.63) is 57.3 Å². The molecule has 0 amide bonds. The van der Waals surface area contributed by atoms with Gasteiger partial charge in [0.05, 0.1) is 10.4 Å². The van der Waals surface area contributed by atoms with Crippen LogP contribution in [-0.2, 0) is 6.18 Å². The molecule has 2 rings (SSSR count). The van der Waals surface area contributed by atoms with Crippen LogP contribution in [0.25, 0.3) is 12.2 Å². The van der Waals surface area contributed by atoms with Crippen LogP contribution in [-0.4, -0.2) is 6.29 Å². The summed E-state index contributed by atoms with van der Waals surface area (Å²) in [5.74, 6) is 0. The van der Waals surface area contributed by atoms with Gasteiger partial charge in [0, 0.05) is 4.88 Å². The van der Waals surface area contributed by atoms with E-state index in [4.69, 9.17) is 0 Å². The highest BCUT2D eigenvalue weighted by atomic mass is 32.1. The summed E-state index contributed by atoms with van der Waals surface area (Å²) in [5, 5.41) is 0. The van der Waals surface area contributed by atoms with Crippen LogP contribution in [0, 0.1) is 0 Å². The maximum atomic E-state index is 12.5. The van der Waals surface area contributed by atoms with Crippen LogP contribution in [0.4, 0.5) is 13.2 Å². The van der Waals surface area contributed by atoms with E-state index in [0.29, 0.717) is 10.4 Å². The Hall–Kier alpha value is -1.88. The number of carbonyl (C=O) groups excluding carboxylic acids is 1. The van der Waals surface area contributed by atoms with Crippen molar-refractivity contribution < 1.29 is 18.0 Å². The van der Waals surface area contributed by atoms with E-state index in [1.165, 1.54) is 17.4 Å². The fourth-order valence-corrected chi connectivity index (χ4v) is 2.25. The van der Waals surface area contributed by atoms with Gasteiger partial charge in [-0.1, -0.05) is 18.2 Å². The van der Waals surface area contributed by atoms with Crippen molar-refractivity contribution in [2.45, 2.75) is 6.18 Å². The molecule has 0 saturated heterocycles. The summed E-state index contributed by atoms with van der Waals surface area (Å²) in [6, 6.07) is 8.51. The highest BCUT2D eigenvalue weighted by molar-refractivity contribution is 7.14. The Morgan fingerprint density at radius 3 is 2.37 bits per heavy atom. The Morgan fingerprint density at radius 1 is 1.00 bits per heavy atom. The molecule has 0 aliphatic heterocycles. The van der Waals surface area contributed by atoms with Gasteiger partial charge in [0.15, 0.2) is 6.29 Å². The van der Waals surface area contributed by atoms with E-state index in [2.05, 4.69) is 0 Å². The van der Waals surface area contributed by atoms with Gasteiger partial charge >= 0.3 is 6.18 Å². The van der Waals surface area contributed by atoms with Gasteiger partial charge in [-0.2, -0.15) is 13.2 Å². The van der Waals surface area contributed by atoms with Crippen LogP contribution in [0.1, 0.15) is 25.7 Å². The van der Waals surface area contributed by atoms with Gasteiger partial charge in [-0.25, -0.2) is 0 Å². The van der Waals surface area contributed by atoms with Crippen molar-refractivity contribution in [1.29, 1.82) is 0 Å². The Kier molecular flexibility index (Phi) is 3.85. The fraction of sp³-hybridized carbons (Fsp3) is 0.0714. The highest BCUT2D eigenvalue weighted by Crippen LogP contribution is 2.30. The molecule has 0 aliphatic carbocycles. The lowest BCUT2D eigenvalue weighted by Gasteiger charge is -2.06. The van der Waals surface area contributed by atoms with Crippen LogP contribution < -0.4 is 0 Å². The molecule has 2 aromatic rings. The van der Waals surface area contributed by atoms with Gasteiger partial charge < -0.3 is 0 Å². The predicted octanol–water partition coefficient (Wildman–Crippen LogP) is 4.75. The van der Waals surface area contributed by atoms with Crippen LogP contribution >= 0.6 is 11.3 Å². The summed E-state index contributed by atoms with van der Waals surface area (Å²) in [5.41, 5.74) is -0.203. The Labute approximate surface area is 112 Å². The van der Waals surface area contributed by atoms with Gasteiger partial charge in [-0.05, 0) is 35.9 Å². The first-order valence-electron chi connectivity index (χ1n) is 5.39. The highest BCUT2D eigenvalue weighted by Gasteiger charge is 2.30. The first-order chi connectivity index (χ1) is 8.99. The lowest BCUT2D eigenvalue weighted by molar-refractivity contribution is -0.137. The van der Waals surface area contributed by atoms with Gasteiger partial charge in [0.2, 0.25) is 0 Å². The molecule has 0 bridgehead atoms. The van der Waals surface area contributed by atoms with Crippen LogP contribution in [0.15, 0.2) is 36.4 Å². The van der Waals surface area contributed by atoms with Crippen molar-refractivity contribution >= 4 is 29.8 Å². The molecule has 98 valence electrons. The number of carbonyl (C=O) groups is 1. The second kappa shape index (κ2) is 5.40. The first kappa shape index (κ1) is 13.5. The Bertz CT molecular complexity index is 611. The molecule has 1 nitrogen and oxygen atoms in total. The van der Waals surface area contributed by atoms with E-state index in [0.717, 1.165) is 23.3 Å². The normalized spacial score (nSPS) is 11.9. The van der Waals surface area contributed by atoms with Gasteiger partial charge in [0.1, 0.15) is 0 Å². The lowest BCUT2D eigenvalue weighted by Crippen LogP contribution is -2.04. The molecule has 0 aliphatic rings. The number of halogens is 3. The van der Waals surface area contributed by atoms with Gasteiger partial charge in [-0.15, -0.1) is 11.3 Å². The number of aldehydes is 1. The number of hydrogen-bond acceptors (Lipinski definition) is 2. The van der Waals surface area contributed by atoms with E-state index in [9.17, 15) is 18.0 Å². The fourth-order valence-electron chi connectivity index (χ4n) is 1.52. The minimum Gasteiger partial charge on any atom is -0.297 e. The van der Waals surface area contributed by atoms with Crippen molar-refractivity contribution in [3.63, 3.8) is 0 Å². The van der Waals surface area contributed by atoms with Crippen molar-refractivity contribution in [1.82, 2.24) is 0 Å². The third kappa shape index (κ3) is 3.54. The lowest BCUT2D eigenvalue weighted by atomic mass is 10.1. The molecule has 0 N–H and O–H groups in total. The summed E-state index contributed by atoms with van der Waals surface area (Å²) < 4.78 is 37.6. The van der Waals surface area contributed by atoms with Gasteiger partial charge in [-0.3, -0.25) is 4.79 Å². The summed E-state index contributed by atoms with van der Waals surface area (Å²) in [7, 11) is 0. The average Bonchev–Trinajstić information content (AvgIpc) is 2.84. The monoisotopic (exact) mass is 282 g/mol. The Balaban J connectivity index is 2.21. The molecule has 0 spiro atoms. The summed E-state index contributed by atoms with van der Waals surface area (Å²) in [6.45, 7) is 0. The van der Waals surface area contributed by atoms with Gasteiger partial charge in [0.25, 0.3) is 0 Å². The van der Waals surface area contributed by atoms with Crippen LogP contribution in [0.5, 0.6) is 0 Å². The molecule has 1 aromatic carbocycles. The number of rotatable bonds is 3. The number of alkyl halides is 3.